The van der Waals surface area contributed by atoms with Crippen LogP contribution in [0.4, 0.5) is 0 Å². The van der Waals surface area contributed by atoms with Crippen molar-refractivity contribution in [2.75, 3.05) is 13.1 Å². The summed E-state index contributed by atoms with van der Waals surface area (Å²) >= 11 is 0. The first-order valence-corrected chi connectivity index (χ1v) is 9.80. The molecule has 28 heavy (non-hydrogen) atoms. The minimum Gasteiger partial charge on any atom is -0.391 e. The Morgan fingerprint density at radius 3 is 2.36 bits per heavy atom. The summed E-state index contributed by atoms with van der Waals surface area (Å²) in [5, 5.41) is 14.3. The number of carbonyl (C=O) groups excluding carboxylic acids is 1. The molecule has 0 unspecified atom stereocenters. The smallest absolute Gasteiger partial charge is 0.248 e. The third-order valence-corrected chi connectivity index (χ3v) is 4.88. The molecule has 0 heterocycles. The molecule has 0 aliphatic heterocycles. The number of primary amides is 1. The predicted molar refractivity (Wildman–Crippen MR) is 118 cm³/mol. The van der Waals surface area contributed by atoms with Crippen molar-refractivity contribution in [2.45, 2.75) is 45.1 Å². The number of hydrogen-bond donors (Lipinski definition) is 3. The first-order valence-electron chi connectivity index (χ1n) is 9.80. The van der Waals surface area contributed by atoms with Gasteiger partial charge in [0.15, 0.2) is 0 Å². The van der Waals surface area contributed by atoms with Gasteiger partial charge in [0.1, 0.15) is 0 Å². The van der Waals surface area contributed by atoms with Crippen LogP contribution in [0.1, 0.15) is 54.1 Å². The molecule has 154 valence electrons. The zero-order valence-corrected chi connectivity index (χ0v) is 17.6. The molecule has 2 aromatic carbocycles. The van der Waals surface area contributed by atoms with E-state index in [1.165, 1.54) is 6.42 Å². The van der Waals surface area contributed by atoms with E-state index in [2.05, 4.69) is 19.2 Å². The van der Waals surface area contributed by atoms with Crippen LogP contribution in [0.25, 0.3) is 0 Å². The average molecular weight is 405 g/mol. The predicted octanol–water partition coefficient (Wildman–Crippen LogP) is 3.92. The summed E-state index contributed by atoms with van der Waals surface area (Å²) < 4.78 is 0. The number of hydrogen-bond acceptors (Lipinski definition) is 3. The van der Waals surface area contributed by atoms with Gasteiger partial charge in [0, 0.05) is 18.0 Å². The lowest BCUT2D eigenvalue weighted by Gasteiger charge is -2.25. The van der Waals surface area contributed by atoms with Crippen LogP contribution >= 0.6 is 12.4 Å². The quantitative estimate of drug-likeness (QED) is 0.497. The molecule has 4 nitrogen and oxygen atoms in total. The first-order chi connectivity index (χ1) is 13.0. The normalized spacial score (nSPS) is 13.0. The minimum atomic E-state index is -0.607. The molecule has 0 spiro atoms. The van der Waals surface area contributed by atoms with Gasteiger partial charge in [-0.15, -0.1) is 12.4 Å². The number of nitrogens with one attached hydrogen (secondary N) is 1. The number of amides is 1. The Labute approximate surface area is 175 Å². The van der Waals surface area contributed by atoms with Gasteiger partial charge in [0.05, 0.1) is 6.10 Å². The summed E-state index contributed by atoms with van der Waals surface area (Å²) in [6, 6.07) is 17.4. The maximum atomic E-state index is 11.9. The van der Waals surface area contributed by atoms with Crippen LogP contribution in [0.3, 0.4) is 0 Å². The topological polar surface area (TPSA) is 75.3 Å². The highest BCUT2D eigenvalue weighted by atomic mass is 35.5. The number of aliphatic hydroxyl groups is 1. The maximum Gasteiger partial charge on any atom is 0.248 e. The minimum absolute atomic E-state index is 0. The van der Waals surface area contributed by atoms with E-state index < -0.39 is 12.0 Å². The Balaban J connectivity index is 0.00000392. The lowest BCUT2D eigenvalue weighted by molar-refractivity contribution is 0.0995. The fraction of sp³-hybridized carbons (Fsp3) is 0.435. The largest absolute Gasteiger partial charge is 0.391 e. The summed E-state index contributed by atoms with van der Waals surface area (Å²) in [6.45, 7) is 5.80. The van der Waals surface area contributed by atoms with Crippen molar-refractivity contribution in [1.82, 2.24) is 5.32 Å². The molecule has 2 rings (SSSR count). The average Bonchev–Trinajstić information content (AvgIpc) is 2.66. The van der Waals surface area contributed by atoms with Crippen LogP contribution in [0.2, 0.25) is 0 Å². The Kier molecular flexibility index (Phi) is 10.8. The van der Waals surface area contributed by atoms with Crippen LogP contribution in [-0.2, 0) is 6.42 Å². The van der Waals surface area contributed by atoms with E-state index >= 15 is 0 Å². The molecule has 0 aliphatic rings. The fourth-order valence-corrected chi connectivity index (χ4v) is 3.39. The van der Waals surface area contributed by atoms with Crippen LogP contribution in [0.5, 0.6) is 0 Å². The number of halogens is 1. The summed E-state index contributed by atoms with van der Waals surface area (Å²) in [4.78, 5) is 11.9. The number of carbonyl (C=O) groups is 1. The number of rotatable bonds is 11. The molecule has 2 aromatic rings. The molecule has 0 saturated carbocycles. The third-order valence-electron chi connectivity index (χ3n) is 4.88. The van der Waals surface area contributed by atoms with Gasteiger partial charge in [-0.3, -0.25) is 4.79 Å². The van der Waals surface area contributed by atoms with Crippen molar-refractivity contribution in [1.29, 1.82) is 0 Å². The molecule has 5 heteroatoms. The Bertz CT molecular complexity index is 707. The van der Waals surface area contributed by atoms with Crippen LogP contribution in [0, 0.1) is 5.92 Å². The van der Waals surface area contributed by atoms with Gasteiger partial charge in [-0.2, -0.15) is 0 Å². The standard InChI is InChI=1S/C23H32N2O2.ClH/c1-17(2)9-8-14-25-16-22(26)21(15-18-10-4-3-5-11-18)19-12-6-7-13-20(19)23(24)27;/h3-7,10-13,17,21-22,25-26H,8-9,14-16H2,1-2H3,(H2,24,27);1H/t21-,22-;/m0./s1. The van der Waals surface area contributed by atoms with Gasteiger partial charge in [0.25, 0.3) is 0 Å². The maximum absolute atomic E-state index is 11.9. The summed E-state index contributed by atoms with van der Waals surface area (Å²) in [5.74, 6) is 0.0273. The van der Waals surface area contributed by atoms with Gasteiger partial charge in [-0.05, 0) is 48.9 Å². The molecule has 2 atom stereocenters. The summed E-state index contributed by atoms with van der Waals surface area (Å²) in [5.41, 5.74) is 8.00. The highest BCUT2D eigenvalue weighted by Gasteiger charge is 2.25. The van der Waals surface area contributed by atoms with E-state index in [0.717, 1.165) is 24.1 Å². The molecular formula is C23H33ClN2O2. The molecule has 0 fully saturated rings. The SMILES string of the molecule is CC(C)CCCNC[C@H](O)[C@@H](Cc1ccccc1)c1ccccc1C(N)=O.Cl. The van der Waals surface area contributed by atoms with Crippen molar-refractivity contribution in [3.63, 3.8) is 0 Å². The molecular weight excluding hydrogens is 372 g/mol. The van der Waals surface area contributed by atoms with Crippen molar-refractivity contribution in [3.8, 4) is 0 Å². The molecule has 0 aromatic heterocycles. The Morgan fingerprint density at radius 2 is 1.71 bits per heavy atom. The van der Waals surface area contributed by atoms with Crippen molar-refractivity contribution < 1.29 is 9.90 Å². The van der Waals surface area contributed by atoms with E-state index in [1.54, 1.807) is 12.1 Å². The van der Waals surface area contributed by atoms with E-state index in [1.807, 2.05) is 42.5 Å². The van der Waals surface area contributed by atoms with Gasteiger partial charge in [0.2, 0.25) is 5.91 Å². The number of aliphatic hydroxyl groups excluding tert-OH is 1. The molecule has 0 aliphatic carbocycles. The third kappa shape index (κ3) is 7.63. The Hall–Kier alpha value is -1.88. The second kappa shape index (κ2) is 12.6. The number of nitrogens with two attached hydrogens (primary N) is 1. The van der Waals surface area contributed by atoms with Crippen molar-refractivity contribution in [2.24, 2.45) is 11.7 Å². The van der Waals surface area contributed by atoms with Gasteiger partial charge in [-0.25, -0.2) is 0 Å². The monoisotopic (exact) mass is 404 g/mol. The van der Waals surface area contributed by atoms with E-state index in [9.17, 15) is 9.90 Å². The van der Waals surface area contributed by atoms with Crippen LogP contribution in [0.15, 0.2) is 54.6 Å². The molecule has 0 radical (unpaired) electrons. The highest BCUT2D eigenvalue weighted by Crippen LogP contribution is 2.27. The van der Waals surface area contributed by atoms with Crippen molar-refractivity contribution >= 4 is 18.3 Å². The lowest BCUT2D eigenvalue weighted by atomic mass is 9.84. The van der Waals surface area contributed by atoms with Gasteiger partial charge in [-0.1, -0.05) is 62.4 Å². The van der Waals surface area contributed by atoms with Gasteiger partial charge >= 0.3 is 0 Å². The molecule has 0 saturated heterocycles. The van der Waals surface area contributed by atoms with E-state index in [4.69, 9.17) is 5.73 Å². The zero-order chi connectivity index (χ0) is 19.6. The first kappa shape index (κ1) is 24.2. The van der Waals surface area contributed by atoms with Crippen LogP contribution < -0.4 is 11.1 Å². The van der Waals surface area contributed by atoms with Crippen LogP contribution in [-0.4, -0.2) is 30.2 Å². The zero-order valence-electron chi connectivity index (χ0n) is 16.8. The summed E-state index contributed by atoms with van der Waals surface area (Å²) in [7, 11) is 0. The highest BCUT2D eigenvalue weighted by molar-refractivity contribution is 5.94. The Morgan fingerprint density at radius 1 is 1.07 bits per heavy atom. The second-order valence-electron chi connectivity index (χ2n) is 7.56. The van der Waals surface area contributed by atoms with Gasteiger partial charge < -0.3 is 16.2 Å². The van der Waals surface area contributed by atoms with E-state index in [0.29, 0.717) is 24.4 Å². The molecule has 1 amide bonds. The number of benzene rings is 2. The summed E-state index contributed by atoms with van der Waals surface area (Å²) in [6.07, 6.45) is 2.30. The van der Waals surface area contributed by atoms with Crippen molar-refractivity contribution in [3.05, 3.63) is 71.3 Å². The fourth-order valence-electron chi connectivity index (χ4n) is 3.39. The molecule has 4 N–H and O–H groups in total. The van der Waals surface area contributed by atoms with E-state index in [-0.39, 0.29) is 18.3 Å². The lowest BCUT2D eigenvalue weighted by Crippen LogP contribution is -2.34. The second-order valence-corrected chi connectivity index (χ2v) is 7.56. The molecule has 0 bridgehead atoms.